The Morgan fingerprint density at radius 2 is 2.38 bits per heavy atom. The van der Waals surface area contributed by atoms with Gasteiger partial charge in [-0.25, -0.2) is 4.99 Å². The molecule has 0 aliphatic carbocycles. The third kappa shape index (κ3) is 4.38. The largest absolute Gasteiger partial charge is 0.370 e. The summed E-state index contributed by atoms with van der Waals surface area (Å²) in [5.74, 6) is 1.04. The summed E-state index contributed by atoms with van der Waals surface area (Å²) in [6, 6.07) is 0. The van der Waals surface area contributed by atoms with Gasteiger partial charge in [0, 0.05) is 19.8 Å². The maximum Gasteiger partial charge on any atom is 0.188 e. The van der Waals surface area contributed by atoms with Gasteiger partial charge in [0.1, 0.15) is 0 Å². The number of aryl methyl sites for hydroxylation is 1. The number of nitrogens with zero attached hydrogens (tertiary/aromatic N) is 3. The first-order chi connectivity index (χ1) is 7.49. The average molecular weight is 335 g/mol. The molecule has 1 aromatic heterocycles. The van der Waals surface area contributed by atoms with Crippen molar-refractivity contribution in [1.29, 1.82) is 0 Å². The van der Waals surface area contributed by atoms with Crippen molar-refractivity contribution >= 4 is 28.6 Å². The number of halogens is 1. The second kappa shape index (κ2) is 6.07. The molecule has 0 unspecified atom stereocenters. The molecular weight excluding hydrogens is 317 g/mol. The maximum absolute atomic E-state index is 5.73. The number of hydrogen-bond donors (Lipinski definition) is 2. The van der Waals surface area contributed by atoms with E-state index in [-0.39, 0.29) is 0 Å². The van der Waals surface area contributed by atoms with E-state index in [1.807, 2.05) is 13.2 Å². The van der Waals surface area contributed by atoms with E-state index in [9.17, 15) is 0 Å². The van der Waals surface area contributed by atoms with Gasteiger partial charge in [-0.2, -0.15) is 5.10 Å². The number of guanidine groups is 1. The smallest absolute Gasteiger partial charge is 0.188 e. The van der Waals surface area contributed by atoms with Crippen LogP contribution in [0.2, 0.25) is 0 Å². The second-order valence-electron chi connectivity index (χ2n) is 4.07. The van der Waals surface area contributed by atoms with E-state index in [0.29, 0.717) is 18.4 Å². The predicted octanol–water partition coefficient (Wildman–Crippen LogP) is 1.08. The molecule has 0 aromatic carbocycles. The fourth-order valence-electron chi connectivity index (χ4n) is 1.14. The molecule has 0 fully saturated rings. The van der Waals surface area contributed by atoms with Crippen molar-refractivity contribution < 1.29 is 0 Å². The minimum absolute atomic E-state index is 0.482. The Morgan fingerprint density at radius 1 is 1.69 bits per heavy atom. The Hall–Kier alpha value is -0.790. The van der Waals surface area contributed by atoms with Gasteiger partial charge >= 0.3 is 0 Å². The summed E-state index contributed by atoms with van der Waals surface area (Å²) in [6.07, 6.45) is 1.96. The van der Waals surface area contributed by atoms with Crippen molar-refractivity contribution in [2.45, 2.75) is 20.4 Å². The van der Waals surface area contributed by atoms with E-state index in [4.69, 9.17) is 5.73 Å². The lowest BCUT2D eigenvalue weighted by atomic mass is 10.2. The molecule has 1 aromatic rings. The number of aliphatic imine (C=N–C) groups is 1. The lowest BCUT2D eigenvalue weighted by molar-refractivity contribution is 0.621. The Balaban J connectivity index is 2.49. The molecule has 0 bridgehead atoms. The van der Waals surface area contributed by atoms with Crippen molar-refractivity contribution in [2.24, 2.45) is 23.7 Å². The van der Waals surface area contributed by atoms with E-state index in [1.165, 1.54) is 0 Å². The van der Waals surface area contributed by atoms with Crippen LogP contribution >= 0.6 is 22.6 Å². The summed E-state index contributed by atoms with van der Waals surface area (Å²) in [6.45, 7) is 5.62. The maximum atomic E-state index is 5.73. The van der Waals surface area contributed by atoms with Gasteiger partial charge in [0.2, 0.25) is 0 Å². The molecule has 0 saturated heterocycles. The van der Waals surface area contributed by atoms with Crippen LogP contribution in [0.15, 0.2) is 11.2 Å². The zero-order chi connectivity index (χ0) is 12.1. The van der Waals surface area contributed by atoms with Crippen molar-refractivity contribution in [3.05, 3.63) is 15.5 Å². The highest BCUT2D eigenvalue weighted by atomic mass is 127. The summed E-state index contributed by atoms with van der Waals surface area (Å²) in [7, 11) is 1.90. The molecule has 6 heteroatoms. The zero-order valence-electron chi connectivity index (χ0n) is 9.87. The molecule has 0 aliphatic heterocycles. The van der Waals surface area contributed by atoms with Crippen molar-refractivity contribution in [3.8, 4) is 0 Å². The fourth-order valence-corrected chi connectivity index (χ4v) is 1.82. The second-order valence-corrected chi connectivity index (χ2v) is 5.24. The van der Waals surface area contributed by atoms with Gasteiger partial charge in [-0.1, -0.05) is 13.8 Å². The number of nitrogens with two attached hydrogens (primary N) is 1. The van der Waals surface area contributed by atoms with Crippen LogP contribution in [0.5, 0.6) is 0 Å². The Bertz CT molecular complexity index is 369. The fraction of sp³-hybridized carbons (Fsp3) is 0.600. The molecule has 1 heterocycles. The SMILES string of the molecule is CC(C)CNC(N)=NCc1nn(C)cc1I. The van der Waals surface area contributed by atoms with Crippen molar-refractivity contribution in [1.82, 2.24) is 15.1 Å². The molecule has 0 amide bonds. The average Bonchev–Trinajstić information content (AvgIpc) is 2.51. The van der Waals surface area contributed by atoms with Gasteiger partial charge in [-0.3, -0.25) is 4.68 Å². The van der Waals surface area contributed by atoms with Gasteiger partial charge < -0.3 is 11.1 Å². The number of rotatable bonds is 4. The third-order valence-corrected chi connectivity index (χ3v) is 2.85. The summed E-state index contributed by atoms with van der Waals surface area (Å²) in [4.78, 5) is 4.24. The van der Waals surface area contributed by atoms with E-state index in [2.05, 4.69) is 51.8 Å². The standard InChI is InChI=1S/C10H18IN5/c1-7(2)4-13-10(12)14-5-9-8(11)6-16(3)15-9/h6-7H,4-5H2,1-3H3,(H3,12,13,14). The van der Waals surface area contributed by atoms with E-state index in [0.717, 1.165) is 15.8 Å². The number of aromatic nitrogens is 2. The normalized spacial score (nSPS) is 12.2. The molecular formula is C10H18IN5. The summed E-state index contributed by atoms with van der Waals surface area (Å²) < 4.78 is 2.89. The van der Waals surface area contributed by atoms with Crippen LogP contribution in [-0.4, -0.2) is 22.3 Å². The van der Waals surface area contributed by atoms with Crippen LogP contribution in [0.4, 0.5) is 0 Å². The minimum atomic E-state index is 0.482. The predicted molar refractivity (Wildman–Crippen MR) is 74.1 cm³/mol. The highest BCUT2D eigenvalue weighted by Gasteiger charge is 2.03. The van der Waals surface area contributed by atoms with E-state index in [1.54, 1.807) is 4.68 Å². The number of hydrogen-bond acceptors (Lipinski definition) is 2. The van der Waals surface area contributed by atoms with Gasteiger partial charge in [0.15, 0.2) is 5.96 Å². The molecule has 0 spiro atoms. The topological polar surface area (TPSA) is 68.2 Å². The van der Waals surface area contributed by atoms with Crippen LogP contribution in [0, 0.1) is 9.49 Å². The highest BCUT2D eigenvalue weighted by molar-refractivity contribution is 14.1. The molecule has 0 aliphatic rings. The number of nitrogens with one attached hydrogen (secondary N) is 1. The van der Waals surface area contributed by atoms with Crippen LogP contribution in [0.25, 0.3) is 0 Å². The molecule has 90 valence electrons. The Morgan fingerprint density at radius 3 is 2.88 bits per heavy atom. The highest BCUT2D eigenvalue weighted by Crippen LogP contribution is 2.09. The molecule has 16 heavy (non-hydrogen) atoms. The molecule has 0 radical (unpaired) electrons. The summed E-state index contributed by atoms with van der Waals surface area (Å²) in [5, 5.41) is 7.37. The van der Waals surface area contributed by atoms with E-state index >= 15 is 0 Å². The van der Waals surface area contributed by atoms with Crippen LogP contribution in [0.3, 0.4) is 0 Å². The monoisotopic (exact) mass is 335 g/mol. The Kier molecular flexibility index (Phi) is 5.04. The van der Waals surface area contributed by atoms with Crippen LogP contribution in [-0.2, 0) is 13.6 Å². The molecule has 1 rings (SSSR count). The molecule has 5 nitrogen and oxygen atoms in total. The van der Waals surface area contributed by atoms with Gasteiger partial charge in [0.05, 0.1) is 15.8 Å². The van der Waals surface area contributed by atoms with Gasteiger partial charge in [-0.15, -0.1) is 0 Å². The first-order valence-electron chi connectivity index (χ1n) is 5.21. The Labute approximate surface area is 110 Å². The van der Waals surface area contributed by atoms with Gasteiger partial charge in [-0.05, 0) is 28.5 Å². The summed E-state index contributed by atoms with van der Waals surface area (Å²) >= 11 is 2.25. The van der Waals surface area contributed by atoms with Crippen LogP contribution in [0.1, 0.15) is 19.5 Å². The first-order valence-corrected chi connectivity index (χ1v) is 6.28. The minimum Gasteiger partial charge on any atom is -0.370 e. The van der Waals surface area contributed by atoms with Crippen molar-refractivity contribution in [3.63, 3.8) is 0 Å². The third-order valence-electron chi connectivity index (χ3n) is 1.94. The van der Waals surface area contributed by atoms with Crippen LogP contribution < -0.4 is 11.1 Å². The lowest BCUT2D eigenvalue weighted by Gasteiger charge is -2.07. The van der Waals surface area contributed by atoms with E-state index < -0.39 is 0 Å². The van der Waals surface area contributed by atoms with Crippen molar-refractivity contribution in [2.75, 3.05) is 6.54 Å². The lowest BCUT2D eigenvalue weighted by Crippen LogP contribution is -2.34. The molecule has 0 atom stereocenters. The first kappa shape index (κ1) is 13.3. The van der Waals surface area contributed by atoms with Gasteiger partial charge in [0.25, 0.3) is 0 Å². The molecule has 3 N–H and O–H groups in total. The zero-order valence-corrected chi connectivity index (χ0v) is 12.0. The summed E-state index contributed by atoms with van der Waals surface area (Å²) in [5.41, 5.74) is 6.68. The molecule has 0 saturated carbocycles. The quantitative estimate of drug-likeness (QED) is 0.492.